The van der Waals surface area contributed by atoms with Crippen LogP contribution in [0.5, 0.6) is 5.88 Å². The molecule has 1 unspecified atom stereocenters. The summed E-state index contributed by atoms with van der Waals surface area (Å²) in [7, 11) is 0. The zero-order chi connectivity index (χ0) is 15.3. The molecule has 0 aromatic carbocycles. The van der Waals surface area contributed by atoms with E-state index in [1.807, 2.05) is 41.5 Å². The predicted octanol–water partition coefficient (Wildman–Crippen LogP) is 3.97. The average molecular weight is 318 g/mol. The van der Waals surface area contributed by atoms with Crippen molar-refractivity contribution in [3.8, 4) is 5.88 Å². The van der Waals surface area contributed by atoms with Crippen LogP contribution in [0.2, 0.25) is 0 Å². The van der Waals surface area contributed by atoms with E-state index in [-0.39, 0.29) is 12.0 Å². The van der Waals surface area contributed by atoms with Crippen LogP contribution in [-0.2, 0) is 20.9 Å². The Kier molecular flexibility index (Phi) is 6.52. The zero-order valence-electron chi connectivity index (χ0n) is 12.9. The van der Waals surface area contributed by atoms with Crippen LogP contribution in [0.1, 0.15) is 52.1 Å². The van der Waals surface area contributed by atoms with Crippen LogP contribution >= 0.6 is 6.72 Å². The van der Waals surface area contributed by atoms with E-state index in [1.165, 1.54) is 0 Å². The van der Waals surface area contributed by atoms with E-state index >= 15 is 0 Å². The van der Waals surface area contributed by atoms with Crippen molar-refractivity contribution >= 4 is 18.5 Å². The van der Waals surface area contributed by atoms with E-state index in [0.29, 0.717) is 12.5 Å². The zero-order valence-corrected chi connectivity index (χ0v) is 14.6. The van der Waals surface area contributed by atoms with Crippen molar-refractivity contribution in [2.75, 3.05) is 6.61 Å². The van der Waals surface area contributed by atoms with E-state index in [1.54, 1.807) is 6.07 Å². The molecule has 0 spiro atoms. The van der Waals surface area contributed by atoms with E-state index in [4.69, 9.17) is 25.4 Å². The second kappa shape index (κ2) is 7.46. The van der Waals surface area contributed by atoms with Crippen molar-refractivity contribution in [1.29, 1.82) is 0 Å². The van der Waals surface area contributed by atoms with Crippen molar-refractivity contribution in [2.45, 2.75) is 53.6 Å². The summed E-state index contributed by atoms with van der Waals surface area (Å²) in [6.07, 6.45) is -0.0695. The standard InChI is InChI=1S/C13H23N2O3PS/c1-7-16-19(20,17-10(4)5)18-12-8-11(6)14-13(15-12)9(2)3/h8-10H,7H2,1-6H3. The quantitative estimate of drug-likeness (QED) is 0.709. The van der Waals surface area contributed by atoms with Gasteiger partial charge in [-0.1, -0.05) is 13.8 Å². The Morgan fingerprint density at radius 3 is 2.40 bits per heavy atom. The molecule has 0 radical (unpaired) electrons. The molecule has 20 heavy (non-hydrogen) atoms. The highest BCUT2D eigenvalue weighted by molar-refractivity contribution is 8.07. The maximum absolute atomic E-state index is 5.76. The highest BCUT2D eigenvalue weighted by Gasteiger charge is 2.25. The number of hydrogen-bond donors (Lipinski definition) is 0. The summed E-state index contributed by atoms with van der Waals surface area (Å²) in [5.41, 5.74) is 0.835. The maximum Gasteiger partial charge on any atom is 0.382 e. The fourth-order valence-corrected chi connectivity index (χ4v) is 3.85. The molecule has 1 aromatic heterocycles. The van der Waals surface area contributed by atoms with Crippen LogP contribution in [-0.4, -0.2) is 22.7 Å². The van der Waals surface area contributed by atoms with Crippen molar-refractivity contribution in [2.24, 2.45) is 0 Å². The molecule has 0 saturated heterocycles. The summed E-state index contributed by atoms with van der Waals surface area (Å²) in [5, 5.41) is 0. The van der Waals surface area contributed by atoms with Gasteiger partial charge >= 0.3 is 6.72 Å². The first-order valence-corrected chi connectivity index (χ1v) is 9.29. The summed E-state index contributed by atoms with van der Waals surface area (Å²) >= 11 is 5.40. The smallest absolute Gasteiger partial charge is 0.382 e. The van der Waals surface area contributed by atoms with E-state index in [0.717, 1.165) is 11.5 Å². The molecule has 0 saturated carbocycles. The molecular formula is C13H23N2O3PS. The Balaban J connectivity index is 3.02. The first kappa shape index (κ1) is 17.5. The van der Waals surface area contributed by atoms with Gasteiger partial charge in [0.15, 0.2) is 0 Å². The number of aryl methyl sites for hydroxylation is 1. The molecule has 0 aliphatic rings. The molecule has 0 fully saturated rings. The minimum atomic E-state index is -2.82. The van der Waals surface area contributed by atoms with Gasteiger partial charge in [0.05, 0.1) is 12.7 Å². The highest BCUT2D eigenvalue weighted by Crippen LogP contribution is 2.50. The van der Waals surface area contributed by atoms with Crippen molar-refractivity contribution in [3.05, 3.63) is 17.6 Å². The molecule has 114 valence electrons. The molecular weight excluding hydrogens is 295 g/mol. The largest absolute Gasteiger partial charge is 0.406 e. The van der Waals surface area contributed by atoms with Crippen LogP contribution in [0.4, 0.5) is 0 Å². The highest BCUT2D eigenvalue weighted by atomic mass is 32.5. The SMILES string of the molecule is CCOP(=S)(Oc1cc(C)nc(C(C)C)n1)OC(C)C. The van der Waals surface area contributed by atoms with Crippen molar-refractivity contribution in [1.82, 2.24) is 9.97 Å². The molecule has 5 nitrogen and oxygen atoms in total. The van der Waals surface area contributed by atoms with Gasteiger partial charge in [-0.25, -0.2) is 4.98 Å². The Morgan fingerprint density at radius 2 is 1.90 bits per heavy atom. The second-order valence-electron chi connectivity index (χ2n) is 4.97. The first-order chi connectivity index (χ1) is 9.25. The molecule has 1 atom stereocenters. The van der Waals surface area contributed by atoms with Crippen LogP contribution in [0.3, 0.4) is 0 Å². The van der Waals surface area contributed by atoms with Gasteiger partial charge in [-0.3, -0.25) is 9.05 Å². The second-order valence-corrected chi connectivity index (χ2v) is 7.86. The summed E-state index contributed by atoms with van der Waals surface area (Å²) in [6.45, 7) is 9.22. The third-order valence-electron chi connectivity index (χ3n) is 2.20. The van der Waals surface area contributed by atoms with Gasteiger partial charge in [-0.05, 0) is 27.7 Å². The Morgan fingerprint density at radius 1 is 1.25 bits per heavy atom. The van der Waals surface area contributed by atoms with Gasteiger partial charge in [-0.15, -0.1) is 0 Å². The lowest BCUT2D eigenvalue weighted by molar-refractivity contribution is 0.170. The van der Waals surface area contributed by atoms with E-state index < -0.39 is 6.72 Å². The van der Waals surface area contributed by atoms with E-state index in [2.05, 4.69) is 9.97 Å². The normalized spacial score (nSPS) is 14.6. The molecule has 1 rings (SSSR count). The summed E-state index contributed by atoms with van der Waals surface area (Å²) in [4.78, 5) is 8.75. The van der Waals surface area contributed by atoms with Gasteiger partial charge < -0.3 is 4.52 Å². The molecule has 1 aromatic rings. The lowest BCUT2D eigenvalue weighted by atomic mass is 10.2. The number of aromatic nitrogens is 2. The summed E-state index contributed by atoms with van der Waals surface area (Å²) in [6, 6.07) is 1.75. The minimum Gasteiger partial charge on any atom is -0.406 e. The lowest BCUT2D eigenvalue weighted by Crippen LogP contribution is -2.09. The molecule has 0 amide bonds. The van der Waals surface area contributed by atoms with Crippen molar-refractivity contribution < 1.29 is 13.6 Å². The average Bonchev–Trinajstić information content (AvgIpc) is 2.26. The van der Waals surface area contributed by atoms with Crippen LogP contribution < -0.4 is 4.52 Å². The molecule has 1 heterocycles. The topological polar surface area (TPSA) is 53.5 Å². The monoisotopic (exact) mass is 318 g/mol. The van der Waals surface area contributed by atoms with Crippen molar-refractivity contribution in [3.63, 3.8) is 0 Å². The Labute approximate surface area is 126 Å². The van der Waals surface area contributed by atoms with Crippen LogP contribution in [0, 0.1) is 6.92 Å². The lowest BCUT2D eigenvalue weighted by Gasteiger charge is -2.23. The van der Waals surface area contributed by atoms with Gasteiger partial charge in [-0.2, -0.15) is 4.98 Å². The maximum atomic E-state index is 5.76. The predicted molar refractivity (Wildman–Crippen MR) is 83.6 cm³/mol. The Bertz CT molecular complexity index is 495. The molecule has 0 aliphatic heterocycles. The third-order valence-corrected chi connectivity index (χ3v) is 4.66. The molecule has 7 heteroatoms. The van der Waals surface area contributed by atoms with Gasteiger partial charge in [0.25, 0.3) is 0 Å². The van der Waals surface area contributed by atoms with E-state index in [9.17, 15) is 0 Å². The number of hydrogen-bond acceptors (Lipinski definition) is 6. The van der Waals surface area contributed by atoms with Crippen LogP contribution in [0.15, 0.2) is 6.07 Å². The molecule has 0 bridgehead atoms. The minimum absolute atomic E-state index is 0.0695. The molecule has 0 N–H and O–H groups in total. The fraction of sp³-hybridized carbons (Fsp3) is 0.692. The summed E-state index contributed by atoms with van der Waals surface area (Å²) < 4.78 is 16.9. The summed E-state index contributed by atoms with van der Waals surface area (Å²) in [5.74, 6) is 1.36. The third kappa shape index (κ3) is 5.44. The number of rotatable bonds is 7. The fourth-order valence-electron chi connectivity index (χ4n) is 1.48. The van der Waals surface area contributed by atoms with Gasteiger partial charge in [0.2, 0.25) is 5.88 Å². The van der Waals surface area contributed by atoms with Crippen LogP contribution in [0.25, 0.3) is 0 Å². The number of nitrogens with zero attached hydrogens (tertiary/aromatic N) is 2. The molecule has 0 aliphatic carbocycles. The first-order valence-electron chi connectivity index (χ1n) is 6.74. The van der Waals surface area contributed by atoms with Gasteiger partial charge in [0, 0.05) is 29.5 Å². The Hall–Kier alpha value is -0.550. The van der Waals surface area contributed by atoms with Gasteiger partial charge in [0.1, 0.15) is 5.82 Å².